The summed E-state index contributed by atoms with van der Waals surface area (Å²) in [6.07, 6.45) is 4.79. The molecule has 2 aromatic carbocycles. The third-order valence-corrected chi connectivity index (χ3v) is 4.33. The van der Waals surface area contributed by atoms with Crippen molar-refractivity contribution in [2.24, 2.45) is 0 Å². The van der Waals surface area contributed by atoms with E-state index in [1.807, 2.05) is 30.3 Å². The first-order valence-electron chi connectivity index (χ1n) is 7.98. The second-order valence-corrected chi connectivity index (χ2v) is 5.90. The lowest BCUT2D eigenvalue weighted by molar-refractivity contribution is 0.310. The highest BCUT2D eigenvalue weighted by molar-refractivity contribution is 5.86. The summed E-state index contributed by atoms with van der Waals surface area (Å²) in [7, 11) is 0. The van der Waals surface area contributed by atoms with Gasteiger partial charge in [0, 0.05) is 11.1 Å². The molecule has 22 heavy (non-hydrogen) atoms. The van der Waals surface area contributed by atoms with Crippen LogP contribution in [-0.2, 0) is 19.4 Å². The van der Waals surface area contributed by atoms with E-state index in [0.717, 1.165) is 29.5 Å². The first-order valence-corrected chi connectivity index (χ1v) is 7.98. The van der Waals surface area contributed by atoms with Gasteiger partial charge in [0.15, 0.2) is 0 Å². The zero-order valence-corrected chi connectivity index (χ0v) is 12.6. The van der Waals surface area contributed by atoms with Gasteiger partial charge >= 0.3 is 0 Å². The molecule has 1 aromatic heterocycles. The zero-order valence-electron chi connectivity index (χ0n) is 12.6. The Hall–Kier alpha value is -2.35. The van der Waals surface area contributed by atoms with Crippen LogP contribution in [0.5, 0.6) is 5.75 Å². The average molecular weight is 289 g/mol. The van der Waals surface area contributed by atoms with Crippen molar-refractivity contribution in [3.05, 3.63) is 71.4 Å². The average Bonchev–Trinajstić information content (AvgIpc) is 2.59. The molecule has 0 fully saturated rings. The van der Waals surface area contributed by atoms with E-state index >= 15 is 0 Å². The van der Waals surface area contributed by atoms with Crippen LogP contribution >= 0.6 is 0 Å². The zero-order chi connectivity index (χ0) is 14.8. The number of hydrogen-bond acceptors (Lipinski definition) is 2. The quantitative estimate of drug-likeness (QED) is 0.697. The van der Waals surface area contributed by atoms with E-state index in [2.05, 4.69) is 24.3 Å². The van der Waals surface area contributed by atoms with Gasteiger partial charge in [0.05, 0.1) is 5.52 Å². The standard InChI is InChI=1S/C20H19NO/c1-2-7-15(8-3-1)14-22-20-12-6-11-19-17(20)13-16-9-4-5-10-18(16)21-19/h1-3,6-8,11-13H,4-5,9-10,14H2. The number of aromatic nitrogens is 1. The van der Waals surface area contributed by atoms with Crippen molar-refractivity contribution in [2.75, 3.05) is 0 Å². The molecule has 0 atom stereocenters. The molecular weight excluding hydrogens is 270 g/mol. The Morgan fingerprint density at radius 3 is 2.68 bits per heavy atom. The van der Waals surface area contributed by atoms with Gasteiger partial charge in [-0.05, 0) is 55.0 Å². The van der Waals surface area contributed by atoms with Crippen molar-refractivity contribution >= 4 is 10.9 Å². The number of ether oxygens (including phenoxy) is 1. The molecule has 1 aliphatic rings. The van der Waals surface area contributed by atoms with Crippen LogP contribution in [0.4, 0.5) is 0 Å². The Bertz CT molecular complexity index is 795. The van der Waals surface area contributed by atoms with Gasteiger partial charge in [0.1, 0.15) is 12.4 Å². The smallest absolute Gasteiger partial charge is 0.129 e. The van der Waals surface area contributed by atoms with E-state index in [1.165, 1.54) is 29.7 Å². The maximum absolute atomic E-state index is 6.06. The van der Waals surface area contributed by atoms with Crippen LogP contribution < -0.4 is 4.74 Å². The maximum atomic E-state index is 6.06. The molecule has 0 amide bonds. The maximum Gasteiger partial charge on any atom is 0.129 e. The lowest BCUT2D eigenvalue weighted by Gasteiger charge is -2.17. The molecule has 4 rings (SSSR count). The van der Waals surface area contributed by atoms with E-state index in [1.54, 1.807) is 0 Å². The molecule has 3 aromatic rings. The molecule has 0 bridgehead atoms. The van der Waals surface area contributed by atoms with Crippen molar-refractivity contribution in [3.8, 4) is 5.75 Å². The third kappa shape index (κ3) is 2.57. The third-order valence-electron chi connectivity index (χ3n) is 4.33. The highest BCUT2D eigenvalue weighted by atomic mass is 16.5. The normalized spacial score (nSPS) is 13.8. The second-order valence-electron chi connectivity index (χ2n) is 5.90. The van der Waals surface area contributed by atoms with E-state index < -0.39 is 0 Å². The summed E-state index contributed by atoms with van der Waals surface area (Å²) >= 11 is 0. The van der Waals surface area contributed by atoms with E-state index in [9.17, 15) is 0 Å². The Kier molecular flexibility index (Phi) is 3.51. The van der Waals surface area contributed by atoms with Crippen LogP contribution in [0, 0.1) is 0 Å². The SMILES string of the molecule is c1ccc(COc2cccc3nc4c(cc23)CCCC4)cc1. The number of rotatable bonds is 3. The van der Waals surface area contributed by atoms with Gasteiger partial charge in [-0.2, -0.15) is 0 Å². The highest BCUT2D eigenvalue weighted by Crippen LogP contribution is 2.30. The van der Waals surface area contributed by atoms with Crippen molar-refractivity contribution in [1.29, 1.82) is 0 Å². The van der Waals surface area contributed by atoms with Gasteiger partial charge in [-0.15, -0.1) is 0 Å². The predicted molar refractivity (Wildman–Crippen MR) is 89.2 cm³/mol. The van der Waals surface area contributed by atoms with Gasteiger partial charge in [-0.1, -0.05) is 36.4 Å². The van der Waals surface area contributed by atoms with Crippen LogP contribution in [-0.4, -0.2) is 4.98 Å². The minimum atomic E-state index is 0.594. The molecule has 0 unspecified atom stereocenters. The van der Waals surface area contributed by atoms with E-state index in [-0.39, 0.29) is 0 Å². The van der Waals surface area contributed by atoms with E-state index in [4.69, 9.17) is 9.72 Å². The summed E-state index contributed by atoms with van der Waals surface area (Å²) < 4.78 is 6.06. The lowest BCUT2D eigenvalue weighted by Crippen LogP contribution is -2.05. The lowest BCUT2D eigenvalue weighted by atomic mass is 9.94. The Morgan fingerprint density at radius 1 is 0.909 bits per heavy atom. The molecule has 0 radical (unpaired) electrons. The summed E-state index contributed by atoms with van der Waals surface area (Å²) in [5.74, 6) is 0.933. The Morgan fingerprint density at radius 2 is 1.77 bits per heavy atom. The number of benzene rings is 2. The second kappa shape index (κ2) is 5.80. The molecular formula is C20H19NO. The first kappa shape index (κ1) is 13.3. The molecule has 0 spiro atoms. The fourth-order valence-electron chi connectivity index (χ4n) is 3.15. The summed E-state index contributed by atoms with van der Waals surface area (Å²) in [6, 6.07) is 18.7. The summed E-state index contributed by atoms with van der Waals surface area (Å²) in [5, 5.41) is 1.14. The number of fused-ring (bicyclic) bond motifs is 2. The van der Waals surface area contributed by atoms with Crippen molar-refractivity contribution in [3.63, 3.8) is 0 Å². The van der Waals surface area contributed by atoms with Crippen LogP contribution in [0.25, 0.3) is 10.9 Å². The van der Waals surface area contributed by atoms with Crippen molar-refractivity contribution in [1.82, 2.24) is 4.98 Å². The van der Waals surface area contributed by atoms with Gasteiger partial charge in [0.2, 0.25) is 0 Å². The summed E-state index contributed by atoms with van der Waals surface area (Å²) in [5.41, 5.74) is 4.91. The van der Waals surface area contributed by atoms with Gasteiger partial charge in [0.25, 0.3) is 0 Å². The molecule has 1 aliphatic carbocycles. The number of nitrogens with zero attached hydrogens (tertiary/aromatic N) is 1. The van der Waals surface area contributed by atoms with Crippen LogP contribution in [0.2, 0.25) is 0 Å². The Balaban J connectivity index is 1.68. The van der Waals surface area contributed by atoms with Crippen LogP contribution in [0.15, 0.2) is 54.6 Å². The number of hydrogen-bond donors (Lipinski definition) is 0. The van der Waals surface area contributed by atoms with Crippen LogP contribution in [0.3, 0.4) is 0 Å². The van der Waals surface area contributed by atoms with Gasteiger partial charge in [-0.3, -0.25) is 4.98 Å². The fraction of sp³-hybridized carbons (Fsp3) is 0.250. The first-order chi connectivity index (χ1) is 10.9. The summed E-state index contributed by atoms with van der Waals surface area (Å²) in [4.78, 5) is 4.85. The van der Waals surface area contributed by atoms with Crippen molar-refractivity contribution in [2.45, 2.75) is 32.3 Å². The number of pyridine rings is 1. The Labute approximate surface area is 130 Å². The van der Waals surface area contributed by atoms with E-state index in [0.29, 0.717) is 6.61 Å². The number of aryl methyl sites for hydroxylation is 2. The molecule has 110 valence electrons. The predicted octanol–water partition coefficient (Wildman–Crippen LogP) is 4.69. The molecule has 2 nitrogen and oxygen atoms in total. The molecule has 0 saturated carbocycles. The fourth-order valence-corrected chi connectivity index (χ4v) is 3.15. The molecule has 2 heteroatoms. The van der Waals surface area contributed by atoms with Crippen molar-refractivity contribution < 1.29 is 4.74 Å². The minimum Gasteiger partial charge on any atom is -0.488 e. The monoisotopic (exact) mass is 289 g/mol. The van der Waals surface area contributed by atoms with Crippen LogP contribution in [0.1, 0.15) is 29.7 Å². The minimum absolute atomic E-state index is 0.594. The summed E-state index contributed by atoms with van der Waals surface area (Å²) in [6.45, 7) is 0.594. The molecule has 0 N–H and O–H groups in total. The molecule has 1 heterocycles. The molecule has 0 aliphatic heterocycles. The topological polar surface area (TPSA) is 22.1 Å². The van der Waals surface area contributed by atoms with Gasteiger partial charge in [-0.25, -0.2) is 0 Å². The molecule has 0 saturated heterocycles. The largest absolute Gasteiger partial charge is 0.488 e. The highest BCUT2D eigenvalue weighted by Gasteiger charge is 2.13. The van der Waals surface area contributed by atoms with Gasteiger partial charge < -0.3 is 4.74 Å².